The molecule has 0 fully saturated rings. The van der Waals surface area contributed by atoms with E-state index in [0.29, 0.717) is 18.2 Å². The van der Waals surface area contributed by atoms with E-state index < -0.39 is 0 Å². The number of aromatic nitrogens is 6. The number of benzene rings is 1. The first-order valence-corrected chi connectivity index (χ1v) is 9.65. The van der Waals surface area contributed by atoms with E-state index >= 15 is 0 Å². The van der Waals surface area contributed by atoms with Crippen LogP contribution < -0.4 is 11.1 Å². The van der Waals surface area contributed by atoms with Crippen molar-refractivity contribution in [1.29, 1.82) is 0 Å². The van der Waals surface area contributed by atoms with Crippen molar-refractivity contribution < 1.29 is 4.79 Å². The molecule has 0 saturated heterocycles. The van der Waals surface area contributed by atoms with E-state index in [-0.39, 0.29) is 18.5 Å². The van der Waals surface area contributed by atoms with Gasteiger partial charge in [-0.25, -0.2) is 19.2 Å². The molecule has 0 spiro atoms. The molecule has 3 heterocycles. The number of amides is 1. The molecule has 4 rings (SSSR count). The molecule has 0 aliphatic rings. The summed E-state index contributed by atoms with van der Waals surface area (Å²) in [5.41, 5.74) is 7.65. The monoisotopic (exact) mass is 396 g/mol. The van der Waals surface area contributed by atoms with Crippen molar-refractivity contribution in [3.05, 3.63) is 53.1 Å². The maximum atomic E-state index is 12.4. The Morgan fingerprint density at radius 1 is 1.25 bits per heavy atom. The summed E-state index contributed by atoms with van der Waals surface area (Å²) < 4.78 is 3.28. The minimum Gasteiger partial charge on any atom is -0.349 e. The second-order valence-electron chi connectivity index (χ2n) is 6.46. The second kappa shape index (κ2) is 7.49. The van der Waals surface area contributed by atoms with E-state index in [9.17, 15) is 4.79 Å². The Morgan fingerprint density at radius 3 is 2.75 bits per heavy atom. The molecular weight excluding hydrogens is 376 g/mol. The van der Waals surface area contributed by atoms with Crippen molar-refractivity contribution in [3.8, 4) is 11.4 Å². The fraction of sp³-hybridized carbons (Fsp3) is 0.278. The van der Waals surface area contributed by atoms with Gasteiger partial charge in [0.25, 0.3) is 0 Å². The maximum Gasteiger partial charge on any atom is 0.242 e. The van der Waals surface area contributed by atoms with Crippen LogP contribution in [0.4, 0.5) is 0 Å². The predicted molar refractivity (Wildman–Crippen MR) is 106 cm³/mol. The zero-order valence-electron chi connectivity index (χ0n) is 15.5. The summed E-state index contributed by atoms with van der Waals surface area (Å²) in [6, 6.07) is 9.26. The number of imidazole rings is 1. The minimum absolute atomic E-state index is 0.0380. The van der Waals surface area contributed by atoms with Crippen molar-refractivity contribution in [2.45, 2.75) is 33.0 Å². The molecule has 0 radical (unpaired) electrons. The molecule has 1 aromatic carbocycles. The van der Waals surface area contributed by atoms with Crippen LogP contribution in [0.15, 0.2) is 36.5 Å². The molecule has 1 atom stereocenters. The summed E-state index contributed by atoms with van der Waals surface area (Å²) >= 11 is 1.51. The molecule has 0 aliphatic heterocycles. The highest BCUT2D eigenvalue weighted by Crippen LogP contribution is 2.18. The van der Waals surface area contributed by atoms with Gasteiger partial charge in [-0.15, -0.1) is 0 Å². The summed E-state index contributed by atoms with van der Waals surface area (Å²) in [4.78, 5) is 22.2. The van der Waals surface area contributed by atoms with Gasteiger partial charge in [-0.3, -0.25) is 4.79 Å². The highest BCUT2D eigenvalue weighted by Gasteiger charge is 2.17. The quantitative estimate of drug-likeness (QED) is 0.512. The summed E-state index contributed by atoms with van der Waals surface area (Å²) in [5.74, 6) is 0.930. The first-order chi connectivity index (χ1) is 13.5. The number of carbonyl (C=O) groups excluding carboxylic acids is 1. The molecule has 1 amide bonds. The molecule has 28 heavy (non-hydrogen) atoms. The molecule has 0 saturated carbocycles. The SMILES string of the molecule is Cc1nn2cc(CNC(=O)Cn3nc(-c4ccccc4)nc3[C@H](C)N)nc2s1. The van der Waals surface area contributed by atoms with Crippen LogP contribution in [0.5, 0.6) is 0 Å². The molecule has 0 bridgehead atoms. The van der Waals surface area contributed by atoms with E-state index in [0.717, 1.165) is 21.2 Å². The first-order valence-electron chi connectivity index (χ1n) is 8.84. The lowest BCUT2D eigenvalue weighted by atomic mass is 10.2. The van der Waals surface area contributed by atoms with Gasteiger partial charge in [-0.1, -0.05) is 41.7 Å². The predicted octanol–water partition coefficient (Wildman–Crippen LogP) is 1.69. The number of carbonyl (C=O) groups is 1. The molecule has 4 aromatic rings. The number of nitrogens with two attached hydrogens (primary N) is 1. The van der Waals surface area contributed by atoms with E-state index in [1.165, 1.54) is 11.3 Å². The Balaban J connectivity index is 1.45. The third kappa shape index (κ3) is 3.78. The van der Waals surface area contributed by atoms with Gasteiger partial charge >= 0.3 is 0 Å². The Bertz CT molecular complexity index is 1080. The molecule has 3 N–H and O–H groups in total. The van der Waals surface area contributed by atoms with Gasteiger partial charge in [0.15, 0.2) is 5.82 Å². The normalized spacial score (nSPS) is 12.4. The third-order valence-electron chi connectivity index (χ3n) is 4.09. The maximum absolute atomic E-state index is 12.4. The first kappa shape index (κ1) is 18.3. The lowest BCUT2D eigenvalue weighted by molar-refractivity contribution is -0.122. The topological polar surface area (TPSA) is 116 Å². The lowest BCUT2D eigenvalue weighted by Gasteiger charge is -2.08. The van der Waals surface area contributed by atoms with E-state index in [1.807, 2.05) is 50.4 Å². The van der Waals surface area contributed by atoms with E-state index in [2.05, 4.69) is 25.5 Å². The molecule has 0 unspecified atom stereocenters. The van der Waals surface area contributed by atoms with Crippen LogP contribution in [0.3, 0.4) is 0 Å². The van der Waals surface area contributed by atoms with Crippen LogP contribution in [0.1, 0.15) is 29.5 Å². The standard InChI is InChI=1S/C18H20N8OS/c1-11(19)17-22-16(13-6-4-3-5-7-13)24-25(17)10-15(27)20-8-14-9-26-18(21-14)28-12(2)23-26/h3-7,9,11H,8,10,19H2,1-2H3,(H,20,27)/t11-/m0/s1. The number of aryl methyl sites for hydroxylation is 1. The van der Waals surface area contributed by atoms with E-state index in [1.54, 1.807) is 9.20 Å². The smallest absolute Gasteiger partial charge is 0.242 e. The highest BCUT2D eigenvalue weighted by molar-refractivity contribution is 7.16. The van der Waals surface area contributed by atoms with Crippen LogP contribution in [0, 0.1) is 6.92 Å². The highest BCUT2D eigenvalue weighted by atomic mass is 32.1. The summed E-state index contributed by atoms with van der Waals surface area (Å²) in [6.45, 7) is 4.11. The Labute approximate surface area is 165 Å². The average Bonchev–Trinajstić information content (AvgIpc) is 3.33. The number of rotatable bonds is 6. The number of nitrogens with one attached hydrogen (secondary N) is 1. The Kier molecular flexibility index (Phi) is 4.88. The molecule has 9 nitrogen and oxygen atoms in total. The third-order valence-corrected chi connectivity index (χ3v) is 4.93. The van der Waals surface area contributed by atoms with Crippen LogP contribution in [0.25, 0.3) is 16.3 Å². The summed E-state index contributed by atoms with van der Waals surface area (Å²) in [5, 5.41) is 12.6. The minimum atomic E-state index is -0.341. The van der Waals surface area contributed by atoms with Gasteiger partial charge in [0, 0.05) is 5.56 Å². The summed E-state index contributed by atoms with van der Waals surface area (Å²) in [6.07, 6.45) is 1.81. The molecule has 10 heteroatoms. The van der Waals surface area contributed by atoms with Crippen LogP contribution in [-0.4, -0.2) is 35.3 Å². The zero-order chi connectivity index (χ0) is 19.7. The van der Waals surface area contributed by atoms with Gasteiger partial charge in [0.05, 0.1) is 24.5 Å². The Hall–Kier alpha value is -3.11. The van der Waals surface area contributed by atoms with E-state index in [4.69, 9.17) is 5.73 Å². The average molecular weight is 396 g/mol. The number of nitrogens with zero attached hydrogens (tertiary/aromatic N) is 6. The fourth-order valence-corrected chi connectivity index (χ4v) is 3.57. The molecule has 3 aromatic heterocycles. The molecule has 144 valence electrons. The van der Waals surface area contributed by atoms with Crippen molar-refractivity contribution in [2.24, 2.45) is 5.73 Å². The number of hydrogen-bond acceptors (Lipinski definition) is 7. The lowest BCUT2D eigenvalue weighted by Crippen LogP contribution is -2.29. The Morgan fingerprint density at radius 2 is 2.04 bits per heavy atom. The summed E-state index contributed by atoms with van der Waals surface area (Å²) in [7, 11) is 0. The van der Waals surface area contributed by atoms with Gasteiger partial charge in [0.1, 0.15) is 17.4 Å². The number of hydrogen-bond donors (Lipinski definition) is 2. The van der Waals surface area contributed by atoms with Gasteiger partial charge < -0.3 is 11.1 Å². The molecular formula is C18H20N8OS. The van der Waals surface area contributed by atoms with Crippen molar-refractivity contribution >= 4 is 22.2 Å². The fourth-order valence-electron chi connectivity index (χ4n) is 2.83. The van der Waals surface area contributed by atoms with Crippen molar-refractivity contribution in [2.75, 3.05) is 0 Å². The largest absolute Gasteiger partial charge is 0.349 e. The van der Waals surface area contributed by atoms with Crippen molar-refractivity contribution in [3.63, 3.8) is 0 Å². The number of fused-ring (bicyclic) bond motifs is 1. The van der Waals surface area contributed by atoms with Gasteiger partial charge in [-0.2, -0.15) is 10.2 Å². The van der Waals surface area contributed by atoms with Gasteiger partial charge in [-0.05, 0) is 13.8 Å². The van der Waals surface area contributed by atoms with Crippen LogP contribution in [0.2, 0.25) is 0 Å². The van der Waals surface area contributed by atoms with Crippen LogP contribution >= 0.6 is 11.3 Å². The zero-order valence-corrected chi connectivity index (χ0v) is 16.3. The second-order valence-corrected chi connectivity index (χ2v) is 7.62. The van der Waals surface area contributed by atoms with Gasteiger partial charge in [0.2, 0.25) is 10.9 Å². The van der Waals surface area contributed by atoms with Crippen molar-refractivity contribution in [1.82, 2.24) is 34.7 Å². The molecule has 0 aliphatic carbocycles. The van der Waals surface area contributed by atoms with Crippen LogP contribution in [-0.2, 0) is 17.9 Å².